The fourth-order valence-corrected chi connectivity index (χ4v) is 1.53. The van der Waals surface area contributed by atoms with Crippen LogP contribution in [0.4, 0.5) is 0 Å². The molecule has 1 aromatic carbocycles. The van der Waals surface area contributed by atoms with Gasteiger partial charge in [-0.25, -0.2) is 0 Å². The summed E-state index contributed by atoms with van der Waals surface area (Å²) in [5.41, 5.74) is 9.83. The summed E-state index contributed by atoms with van der Waals surface area (Å²) in [6.07, 6.45) is -1.59. The molecule has 0 radical (unpaired) electrons. The van der Waals surface area contributed by atoms with Crippen LogP contribution in [0, 0.1) is 6.92 Å². The highest BCUT2D eigenvalue weighted by Gasteiger charge is 2.19. The molecule has 0 aromatic heterocycles. The van der Waals surface area contributed by atoms with E-state index in [0.29, 0.717) is 23.0 Å². The predicted molar refractivity (Wildman–Crippen MR) is 61.5 cm³/mol. The van der Waals surface area contributed by atoms with Crippen LogP contribution >= 0.6 is 0 Å². The minimum absolute atomic E-state index is 0.202. The standard InChI is InChI=1S/C11H13N3O3/c1-7-4-8(6-15)2-3-9(7)11(17)10(16)5-13-14-12/h2-4,6,10-11,16-17H,5H2,1H3. The van der Waals surface area contributed by atoms with Crippen molar-refractivity contribution in [1.82, 2.24) is 0 Å². The highest BCUT2D eigenvalue weighted by atomic mass is 16.3. The van der Waals surface area contributed by atoms with Crippen molar-refractivity contribution >= 4 is 6.29 Å². The number of carbonyl (C=O) groups is 1. The quantitative estimate of drug-likeness (QED) is 0.349. The van der Waals surface area contributed by atoms with Crippen molar-refractivity contribution in [3.63, 3.8) is 0 Å². The van der Waals surface area contributed by atoms with Crippen LogP contribution in [0.25, 0.3) is 10.4 Å². The smallest absolute Gasteiger partial charge is 0.150 e. The third-order valence-electron chi connectivity index (χ3n) is 2.44. The number of hydrogen-bond acceptors (Lipinski definition) is 4. The maximum absolute atomic E-state index is 10.5. The summed E-state index contributed by atoms with van der Waals surface area (Å²) >= 11 is 0. The molecule has 0 aliphatic heterocycles. The van der Waals surface area contributed by atoms with Gasteiger partial charge in [-0.15, -0.1) is 0 Å². The van der Waals surface area contributed by atoms with Gasteiger partial charge in [0.2, 0.25) is 0 Å². The Labute approximate surface area is 98.1 Å². The summed E-state index contributed by atoms with van der Waals surface area (Å²) in [5, 5.41) is 22.6. The van der Waals surface area contributed by atoms with Crippen molar-refractivity contribution in [1.29, 1.82) is 0 Å². The van der Waals surface area contributed by atoms with E-state index in [4.69, 9.17) is 5.53 Å². The third-order valence-corrected chi connectivity index (χ3v) is 2.44. The number of benzene rings is 1. The van der Waals surface area contributed by atoms with Crippen LogP contribution in [0.1, 0.15) is 27.6 Å². The molecule has 0 aliphatic rings. The zero-order valence-corrected chi connectivity index (χ0v) is 9.32. The molecule has 6 nitrogen and oxygen atoms in total. The highest BCUT2D eigenvalue weighted by molar-refractivity contribution is 5.75. The van der Waals surface area contributed by atoms with Crippen molar-refractivity contribution in [2.45, 2.75) is 19.1 Å². The van der Waals surface area contributed by atoms with Crippen molar-refractivity contribution in [3.8, 4) is 0 Å². The number of rotatable bonds is 5. The molecule has 0 amide bonds. The lowest BCUT2D eigenvalue weighted by Gasteiger charge is -2.18. The molecule has 0 saturated carbocycles. The second kappa shape index (κ2) is 6.00. The van der Waals surface area contributed by atoms with Crippen LogP contribution in [0.15, 0.2) is 23.3 Å². The first-order valence-corrected chi connectivity index (χ1v) is 5.03. The fourth-order valence-electron chi connectivity index (χ4n) is 1.53. The van der Waals surface area contributed by atoms with Gasteiger partial charge < -0.3 is 10.2 Å². The molecule has 0 spiro atoms. The van der Waals surface area contributed by atoms with E-state index in [2.05, 4.69) is 10.0 Å². The van der Waals surface area contributed by atoms with E-state index in [0.717, 1.165) is 0 Å². The molecule has 1 aromatic rings. The van der Waals surface area contributed by atoms with Gasteiger partial charge in [-0.3, -0.25) is 4.79 Å². The fraction of sp³-hybridized carbons (Fsp3) is 0.364. The summed E-state index contributed by atoms with van der Waals surface area (Å²) in [7, 11) is 0. The monoisotopic (exact) mass is 235 g/mol. The predicted octanol–water partition coefficient (Wildman–Crippen LogP) is 1.51. The number of aryl methyl sites for hydroxylation is 1. The Balaban J connectivity index is 2.91. The van der Waals surface area contributed by atoms with Crippen LogP contribution in [0.5, 0.6) is 0 Å². The lowest BCUT2D eigenvalue weighted by atomic mass is 9.98. The van der Waals surface area contributed by atoms with Crippen molar-refractivity contribution in [2.24, 2.45) is 5.11 Å². The van der Waals surface area contributed by atoms with Gasteiger partial charge in [0.05, 0.1) is 12.6 Å². The zero-order chi connectivity index (χ0) is 12.8. The average Bonchev–Trinajstić information content (AvgIpc) is 2.34. The number of nitrogens with zero attached hydrogens (tertiary/aromatic N) is 3. The van der Waals surface area contributed by atoms with E-state index >= 15 is 0 Å². The van der Waals surface area contributed by atoms with Gasteiger partial charge in [-0.05, 0) is 29.6 Å². The molecule has 90 valence electrons. The summed E-state index contributed by atoms with van der Waals surface area (Å²) in [5.74, 6) is 0. The second-order valence-corrected chi connectivity index (χ2v) is 3.66. The van der Waals surface area contributed by atoms with Crippen molar-refractivity contribution < 1.29 is 15.0 Å². The van der Waals surface area contributed by atoms with Crippen LogP contribution in [0.2, 0.25) is 0 Å². The molecule has 0 bridgehead atoms. The molecule has 2 N–H and O–H groups in total. The molecule has 0 fully saturated rings. The van der Waals surface area contributed by atoms with Gasteiger partial charge in [0.15, 0.2) is 0 Å². The lowest BCUT2D eigenvalue weighted by molar-refractivity contribution is 0.0240. The van der Waals surface area contributed by atoms with Gasteiger partial charge in [0.1, 0.15) is 12.4 Å². The molecule has 0 heterocycles. The van der Waals surface area contributed by atoms with E-state index < -0.39 is 12.2 Å². The first kappa shape index (κ1) is 13.2. The van der Waals surface area contributed by atoms with Gasteiger partial charge in [0, 0.05) is 10.5 Å². The molecular formula is C11H13N3O3. The van der Waals surface area contributed by atoms with Gasteiger partial charge in [-0.1, -0.05) is 17.2 Å². The third kappa shape index (κ3) is 3.29. The van der Waals surface area contributed by atoms with Gasteiger partial charge in [0.25, 0.3) is 0 Å². The normalized spacial score (nSPS) is 13.6. The van der Waals surface area contributed by atoms with Crippen molar-refractivity contribution in [2.75, 3.05) is 6.54 Å². The summed E-state index contributed by atoms with van der Waals surface area (Å²) < 4.78 is 0. The van der Waals surface area contributed by atoms with E-state index in [1.165, 1.54) is 0 Å². The zero-order valence-electron chi connectivity index (χ0n) is 9.32. The molecule has 0 saturated heterocycles. The molecule has 6 heteroatoms. The Kier molecular flexibility index (Phi) is 4.66. The maximum atomic E-state index is 10.5. The summed E-state index contributed by atoms with van der Waals surface area (Å²) in [6.45, 7) is 1.53. The van der Waals surface area contributed by atoms with Crippen LogP contribution in [-0.2, 0) is 0 Å². The Hall–Kier alpha value is -1.88. The SMILES string of the molecule is Cc1cc(C=O)ccc1C(O)C(O)CN=[N+]=[N-]. The molecule has 2 unspecified atom stereocenters. The lowest BCUT2D eigenvalue weighted by Crippen LogP contribution is -2.21. The number of aliphatic hydroxyl groups is 2. The topological polar surface area (TPSA) is 106 Å². The molecule has 0 aliphatic carbocycles. The Bertz CT molecular complexity index is 455. The molecule has 1 rings (SSSR count). The van der Waals surface area contributed by atoms with Crippen molar-refractivity contribution in [3.05, 3.63) is 45.3 Å². The number of hydrogen-bond donors (Lipinski definition) is 2. The Morgan fingerprint density at radius 1 is 1.53 bits per heavy atom. The minimum atomic E-state index is -1.16. The first-order valence-electron chi connectivity index (χ1n) is 5.03. The minimum Gasteiger partial charge on any atom is -0.390 e. The Morgan fingerprint density at radius 2 is 2.24 bits per heavy atom. The average molecular weight is 235 g/mol. The summed E-state index contributed by atoms with van der Waals surface area (Å²) in [6, 6.07) is 4.74. The van der Waals surface area contributed by atoms with E-state index in [-0.39, 0.29) is 6.54 Å². The van der Waals surface area contributed by atoms with E-state index in [9.17, 15) is 15.0 Å². The maximum Gasteiger partial charge on any atom is 0.150 e. The molecule has 17 heavy (non-hydrogen) atoms. The molecular weight excluding hydrogens is 222 g/mol. The number of aldehydes is 1. The number of aliphatic hydroxyl groups excluding tert-OH is 2. The largest absolute Gasteiger partial charge is 0.390 e. The van der Waals surface area contributed by atoms with Gasteiger partial charge >= 0.3 is 0 Å². The van der Waals surface area contributed by atoms with Gasteiger partial charge in [-0.2, -0.15) is 0 Å². The second-order valence-electron chi connectivity index (χ2n) is 3.66. The molecule has 2 atom stereocenters. The Morgan fingerprint density at radius 3 is 2.76 bits per heavy atom. The summed E-state index contributed by atoms with van der Waals surface area (Å²) in [4.78, 5) is 13.1. The first-order chi connectivity index (χ1) is 8.10. The van der Waals surface area contributed by atoms with E-state index in [1.54, 1.807) is 25.1 Å². The number of azide groups is 1. The van der Waals surface area contributed by atoms with Crippen LogP contribution < -0.4 is 0 Å². The van der Waals surface area contributed by atoms with E-state index in [1.807, 2.05) is 0 Å². The van der Waals surface area contributed by atoms with Crippen LogP contribution in [-0.4, -0.2) is 29.1 Å². The number of carbonyl (C=O) groups excluding carboxylic acids is 1. The highest BCUT2D eigenvalue weighted by Crippen LogP contribution is 2.21. The van der Waals surface area contributed by atoms with Crippen LogP contribution in [0.3, 0.4) is 0 Å².